The number of carbonyl (C=O) groups excluding carboxylic acids is 3. The third-order valence-electron chi connectivity index (χ3n) is 4.77. The molecule has 0 unspecified atom stereocenters. The average molecular weight is 373 g/mol. The molecule has 136 valence electrons. The fourth-order valence-electron chi connectivity index (χ4n) is 3.38. The number of rotatable bonds is 2. The van der Waals surface area contributed by atoms with E-state index in [9.17, 15) is 14.4 Å². The molecule has 3 heterocycles. The summed E-state index contributed by atoms with van der Waals surface area (Å²) in [5.74, 6) is 0.492. The van der Waals surface area contributed by atoms with E-state index in [0.29, 0.717) is 32.6 Å². The summed E-state index contributed by atoms with van der Waals surface area (Å²) in [5, 5.41) is 5.92. The predicted molar refractivity (Wildman–Crippen MR) is 98.1 cm³/mol. The third-order valence-corrected chi connectivity index (χ3v) is 5.58. The van der Waals surface area contributed by atoms with Gasteiger partial charge in [0.1, 0.15) is 11.9 Å². The van der Waals surface area contributed by atoms with E-state index in [1.54, 1.807) is 4.90 Å². The summed E-state index contributed by atoms with van der Waals surface area (Å²) >= 11 is 1.48. The molecule has 9 heteroatoms. The van der Waals surface area contributed by atoms with Gasteiger partial charge in [-0.05, 0) is 30.1 Å². The number of piperazine rings is 1. The summed E-state index contributed by atoms with van der Waals surface area (Å²) in [7, 11) is 0. The number of fused-ring (bicyclic) bond motifs is 1. The summed E-state index contributed by atoms with van der Waals surface area (Å²) in [6.07, 6.45) is 0.493. The van der Waals surface area contributed by atoms with Gasteiger partial charge >= 0.3 is 6.03 Å². The number of amides is 4. The smallest absolute Gasteiger partial charge is 0.322 e. The number of hydrogen-bond acceptors (Lipinski definition) is 6. The lowest BCUT2D eigenvalue weighted by molar-refractivity contribution is -0.133. The van der Waals surface area contributed by atoms with Gasteiger partial charge in [0, 0.05) is 38.0 Å². The van der Waals surface area contributed by atoms with Crippen molar-refractivity contribution in [3.8, 4) is 0 Å². The molecule has 4 rings (SSSR count). The standard InChI is InChI=1S/C17H19N5O3S/c23-14-6-5-12(18-17(25)19-14)16(24)22-9-7-21(8-10-22)15-11-3-1-2-4-13(11)26-20-15/h1-4,12H,5-10H2,(H2,18,19,23,25)/t12-/m0/s1. The lowest BCUT2D eigenvalue weighted by atomic mass is 10.1. The van der Waals surface area contributed by atoms with Gasteiger partial charge in [-0.2, -0.15) is 4.37 Å². The lowest BCUT2D eigenvalue weighted by Gasteiger charge is -2.36. The van der Waals surface area contributed by atoms with E-state index in [0.717, 1.165) is 15.9 Å². The number of imide groups is 1. The second-order valence-corrected chi connectivity index (χ2v) is 7.23. The maximum atomic E-state index is 12.7. The molecule has 1 atom stereocenters. The van der Waals surface area contributed by atoms with E-state index in [-0.39, 0.29) is 18.2 Å². The molecule has 2 aromatic rings. The third kappa shape index (κ3) is 3.22. The predicted octanol–water partition coefficient (Wildman–Crippen LogP) is 0.933. The second kappa shape index (κ2) is 6.91. The summed E-state index contributed by atoms with van der Waals surface area (Å²) in [6.45, 7) is 2.52. The minimum atomic E-state index is -0.645. The highest BCUT2D eigenvalue weighted by Gasteiger charge is 2.31. The Morgan fingerprint density at radius 1 is 1.15 bits per heavy atom. The van der Waals surface area contributed by atoms with Crippen LogP contribution in [0.3, 0.4) is 0 Å². The van der Waals surface area contributed by atoms with Crippen LogP contribution in [0.4, 0.5) is 10.6 Å². The van der Waals surface area contributed by atoms with Crippen molar-refractivity contribution in [1.82, 2.24) is 19.9 Å². The Kier molecular flexibility index (Phi) is 4.46. The molecule has 26 heavy (non-hydrogen) atoms. The van der Waals surface area contributed by atoms with E-state index >= 15 is 0 Å². The molecule has 1 aromatic carbocycles. The number of aromatic nitrogens is 1. The van der Waals surface area contributed by atoms with Crippen LogP contribution in [-0.4, -0.2) is 59.3 Å². The maximum absolute atomic E-state index is 12.7. The lowest BCUT2D eigenvalue weighted by Crippen LogP contribution is -2.55. The minimum Gasteiger partial charge on any atom is -0.352 e. The van der Waals surface area contributed by atoms with Gasteiger partial charge in [-0.3, -0.25) is 14.9 Å². The van der Waals surface area contributed by atoms with E-state index < -0.39 is 12.1 Å². The van der Waals surface area contributed by atoms with Crippen LogP contribution in [-0.2, 0) is 9.59 Å². The largest absolute Gasteiger partial charge is 0.352 e. The van der Waals surface area contributed by atoms with Gasteiger partial charge in [-0.15, -0.1) is 0 Å². The van der Waals surface area contributed by atoms with Gasteiger partial charge in [0.05, 0.1) is 4.70 Å². The molecular formula is C17H19N5O3S. The monoisotopic (exact) mass is 373 g/mol. The molecule has 8 nitrogen and oxygen atoms in total. The number of urea groups is 1. The summed E-state index contributed by atoms with van der Waals surface area (Å²) in [4.78, 5) is 39.7. The second-order valence-electron chi connectivity index (χ2n) is 6.43. The first-order valence-electron chi connectivity index (χ1n) is 8.60. The van der Waals surface area contributed by atoms with Gasteiger partial charge in [0.25, 0.3) is 0 Å². The van der Waals surface area contributed by atoms with Gasteiger partial charge < -0.3 is 15.1 Å². The van der Waals surface area contributed by atoms with Crippen LogP contribution in [0.5, 0.6) is 0 Å². The van der Waals surface area contributed by atoms with Gasteiger partial charge in [-0.25, -0.2) is 4.79 Å². The zero-order valence-electron chi connectivity index (χ0n) is 14.1. The van der Waals surface area contributed by atoms with Crippen LogP contribution in [0.25, 0.3) is 10.1 Å². The fourth-order valence-corrected chi connectivity index (χ4v) is 4.17. The van der Waals surface area contributed by atoms with Crippen LogP contribution in [0.15, 0.2) is 24.3 Å². The Morgan fingerprint density at radius 2 is 1.92 bits per heavy atom. The van der Waals surface area contributed by atoms with Crippen LogP contribution >= 0.6 is 11.5 Å². The zero-order chi connectivity index (χ0) is 18.1. The SMILES string of the molecule is O=C1CC[C@@H](C(=O)N2CCN(c3nsc4ccccc34)CC2)NC(=O)N1. The number of hydrogen-bond donors (Lipinski definition) is 2. The first kappa shape index (κ1) is 16.8. The zero-order valence-corrected chi connectivity index (χ0v) is 14.9. The van der Waals surface area contributed by atoms with Gasteiger partial charge in [0.15, 0.2) is 0 Å². The van der Waals surface area contributed by atoms with Crippen molar-refractivity contribution in [3.63, 3.8) is 0 Å². The van der Waals surface area contributed by atoms with Crippen LogP contribution < -0.4 is 15.5 Å². The molecular weight excluding hydrogens is 354 g/mol. The normalized spacial score (nSPS) is 21.3. The fraction of sp³-hybridized carbons (Fsp3) is 0.412. The van der Waals surface area contributed by atoms with E-state index in [1.807, 2.05) is 12.1 Å². The highest BCUT2D eigenvalue weighted by Crippen LogP contribution is 2.29. The molecule has 1 aromatic heterocycles. The minimum absolute atomic E-state index is 0.127. The molecule has 2 aliphatic heterocycles. The van der Waals surface area contributed by atoms with Crippen LogP contribution in [0.2, 0.25) is 0 Å². The van der Waals surface area contributed by atoms with Crippen LogP contribution in [0.1, 0.15) is 12.8 Å². The molecule has 2 N–H and O–H groups in total. The number of nitrogens with one attached hydrogen (secondary N) is 2. The maximum Gasteiger partial charge on any atom is 0.322 e. The van der Waals surface area contributed by atoms with Crippen molar-refractivity contribution in [3.05, 3.63) is 24.3 Å². The van der Waals surface area contributed by atoms with Crippen molar-refractivity contribution in [2.45, 2.75) is 18.9 Å². The average Bonchev–Trinajstić information content (AvgIpc) is 3.00. The molecule has 2 saturated heterocycles. The first-order chi connectivity index (χ1) is 12.6. The van der Waals surface area contributed by atoms with Gasteiger partial charge in [0.2, 0.25) is 11.8 Å². The molecule has 0 bridgehead atoms. The molecule has 0 saturated carbocycles. The Morgan fingerprint density at radius 3 is 2.73 bits per heavy atom. The molecule has 4 amide bonds. The number of anilines is 1. The van der Waals surface area contributed by atoms with E-state index in [1.165, 1.54) is 11.5 Å². The van der Waals surface area contributed by atoms with Crippen molar-refractivity contribution >= 4 is 45.3 Å². The van der Waals surface area contributed by atoms with Crippen LogP contribution in [0, 0.1) is 0 Å². The molecule has 0 spiro atoms. The quantitative estimate of drug-likeness (QED) is 0.817. The van der Waals surface area contributed by atoms with Crippen molar-refractivity contribution in [2.24, 2.45) is 0 Å². The van der Waals surface area contributed by atoms with Crippen molar-refractivity contribution in [1.29, 1.82) is 0 Å². The highest BCUT2D eigenvalue weighted by molar-refractivity contribution is 7.13. The van der Waals surface area contributed by atoms with Gasteiger partial charge in [-0.1, -0.05) is 12.1 Å². The number of nitrogens with zero attached hydrogens (tertiary/aromatic N) is 3. The molecule has 0 aliphatic carbocycles. The Labute approximate surface area is 154 Å². The first-order valence-corrected chi connectivity index (χ1v) is 9.37. The summed E-state index contributed by atoms with van der Waals surface area (Å²) in [5.41, 5.74) is 0. The summed E-state index contributed by atoms with van der Waals surface area (Å²) < 4.78 is 5.72. The molecule has 2 aliphatic rings. The van der Waals surface area contributed by atoms with E-state index in [4.69, 9.17) is 0 Å². The topological polar surface area (TPSA) is 94.6 Å². The Bertz CT molecular complexity index is 859. The Hall–Kier alpha value is -2.68. The van der Waals surface area contributed by atoms with Crippen molar-refractivity contribution < 1.29 is 14.4 Å². The van der Waals surface area contributed by atoms with Crippen molar-refractivity contribution in [2.75, 3.05) is 31.1 Å². The van der Waals surface area contributed by atoms with E-state index in [2.05, 4.69) is 32.0 Å². The summed E-state index contributed by atoms with van der Waals surface area (Å²) in [6, 6.07) is 6.88. The highest BCUT2D eigenvalue weighted by atomic mass is 32.1. The number of carbonyl (C=O) groups is 3. The number of benzene rings is 1. The molecule has 2 fully saturated rings. The molecule has 0 radical (unpaired) electrons. The Balaban J connectivity index is 1.41.